The Morgan fingerprint density at radius 1 is 1.32 bits per heavy atom. The molecule has 1 aliphatic rings. The molecule has 1 fully saturated rings. The molecule has 3 atom stereocenters. The lowest BCUT2D eigenvalue weighted by Gasteiger charge is -2.43. The molecule has 0 spiro atoms. The Kier molecular flexibility index (Phi) is 6.60. The molecule has 19 heavy (non-hydrogen) atoms. The van der Waals surface area contributed by atoms with E-state index in [4.69, 9.17) is 0 Å². The first-order valence-electron chi connectivity index (χ1n) is 7.41. The van der Waals surface area contributed by atoms with Gasteiger partial charge in [-0.3, -0.25) is 4.90 Å². The van der Waals surface area contributed by atoms with E-state index < -0.39 is 12.6 Å². The van der Waals surface area contributed by atoms with Gasteiger partial charge in [-0.05, 0) is 12.3 Å². The lowest BCUT2D eigenvalue weighted by Crippen LogP contribution is -2.58. The fraction of sp³-hybridized carbons (Fsp3) is 1.00. The molecule has 1 heterocycles. The average Bonchev–Trinajstić information content (AvgIpc) is 2.35. The van der Waals surface area contributed by atoms with Crippen LogP contribution in [-0.2, 0) is 0 Å². The summed E-state index contributed by atoms with van der Waals surface area (Å²) in [6.07, 6.45) is -1.63. The topological polar surface area (TPSA) is 15.3 Å². The van der Waals surface area contributed by atoms with Crippen molar-refractivity contribution in [3.05, 3.63) is 0 Å². The second-order valence-corrected chi connectivity index (χ2v) is 5.71. The number of hydrogen-bond acceptors (Lipinski definition) is 2. The fourth-order valence-electron chi connectivity index (χ4n) is 2.80. The Morgan fingerprint density at radius 2 is 2.00 bits per heavy atom. The van der Waals surface area contributed by atoms with Crippen molar-refractivity contribution in [1.82, 2.24) is 10.2 Å². The number of alkyl halides is 3. The first kappa shape index (κ1) is 16.8. The van der Waals surface area contributed by atoms with Crippen molar-refractivity contribution in [2.45, 2.75) is 64.7 Å². The SMILES string of the molecule is CCCC1CN(CCC(F)(F)F)C(C(C)CC)CN1. The molecule has 1 rings (SSSR count). The van der Waals surface area contributed by atoms with E-state index in [1.54, 1.807) is 0 Å². The van der Waals surface area contributed by atoms with Crippen molar-refractivity contribution in [2.24, 2.45) is 5.92 Å². The highest BCUT2D eigenvalue weighted by Gasteiger charge is 2.34. The molecule has 2 nitrogen and oxygen atoms in total. The molecule has 0 aromatic heterocycles. The van der Waals surface area contributed by atoms with Crippen LogP contribution in [0.5, 0.6) is 0 Å². The summed E-state index contributed by atoms with van der Waals surface area (Å²) in [4.78, 5) is 2.05. The highest BCUT2D eigenvalue weighted by atomic mass is 19.4. The number of hydrogen-bond donors (Lipinski definition) is 1. The maximum atomic E-state index is 12.4. The molecule has 3 unspecified atom stereocenters. The quantitative estimate of drug-likeness (QED) is 0.802. The summed E-state index contributed by atoms with van der Waals surface area (Å²) in [5.74, 6) is 0.434. The van der Waals surface area contributed by atoms with Crippen LogP contribution in [0.15, 0.2) is 0 Å². The molecular formula is C14H27F3N2. The van der Waals surface area contributed by atoms with Gasteiger partial charge in [-0.15, -0.1) is 0 Å². The van der Waals surface area contributed by atoms with Crippen LogP contribution in [0, 0.1) is 5.92 Å². The highest BCUT2D eigenvalue weighted by molar-refractivity contribution is 4.88. The predicted octanol–water partition coefficient (Wildman–Crippen LogP) is 3.43. The van der Waals surface area contributed by atoms with Gasteiger partial charge in [0.15, 0.2) is 0 Å². The van der Waals surface area contributed by atoms with Crippen molar-refractivity contribution < 1.29 is 13.2 Å². The van der Waals surface area contributed by atoms with Gasteiger partial charge in [-0.1, -0.05) is 33.6 Å². The van der Waals surface area contributed by atoms with Gasteiger partial charge in [0.25, 0.3) is 0 Å². The smallest absolute Gasteiger partial charge is 0.311 e. The van der Waals surface area contributed by atoms with Crippen molar-refractivity contribution in [1.29, 1.82) is 0 Å². The number of nitrogens with zero attached hydrogens (tertiary/aromatic N) is 1. The summed E-state index contributed by atoms with van der Waals surface area (Å²) < 4.78 is 37.3. The molecule has 0 amide bonds. The normalized spacial score (nSPS) is 27.5. The van der Waals surface area contributed by atoms with Gasteiger partial charge in [-0.25, -0.2) is 0 Å². The third kappa shape index (κ3) is 5.69. The Morgan fingerprint density at radius 3 is 2.53 bits per heavy atom. The predicted molar refractivity (Wildman–Crippen MR) is 72.2 cm³/mol. The van der Waals surface area contributed by atoms with E-state index in [9.17, 15) is 13.2 Å². The number of halogens is 3. The molecule has 1 aliphatic heterocycles. The number of nitrogens with one attached hydrogen (secondary N) is 1. The van der Waals surface area contributed by atoms with E-state index in [-0.39, 0.29) is 12.6 Å². The molecule has 0 bridgehead atoms. The van der Waals surface area contributed by atoms with E-state index >= 15 is 0 Å². The van der Waals surface area contributed by atoms with Crippen molar-refractivity contribution >= 4 is 0 Å². The van der Waals surface area contributed by atoms with Gasteiger partial charge >= 0.3 is 6.18 Å². The van der Waals surface area contributed by atoms with Gasteiger partial charge < -0.3 is 5.32 Å². The van der Waals surface area contributed by atoms with Crippen LogP contribution in [0.2, 0.25) is 0 Å². The molecule has 1 saturated heterocycles. The maximum absolute atomic E-state index is 12.4. The minimum Gasteiger partial charge on any atom is -0.311 e. The van der Waals surface area contributed by atoms with Crippen molar-refractivity contribution in [3.8, 4) is 0 Å². The molecule has 114 valence electrons. The maximum Gasteiger partial charge on any atom is 0.390 e. The Balaban J connectivity index is 2.59. The molecule has 0 aromatic carbocycles. The first-order valence-corrected chi connectivity index (χ1v) is 7.41. The molecule has 5 heteroatoms. The van der Waals surface area contributed by atoms with Crippen LogP contribution in [0.4, 0.5) is 13.2 Å². The van der Waals surface area contributed by atoms with E-state index in [1.165, 1.54) is 0 Å². The van der Waals surface area contributed by atoms with Gasteiger partial charge in [0.1, 0.15) is 0 Å². The van der Waals surface area contributed by atoms with E-state index in [1.807, 2.05) is 0 Å². The lowest BCUT2D eigenvalue weighted by atomic mass is 9.93. The van der Waals surface area contributed by atoms with Gasteiger partial charge in [0.2, 0.25) is 0 Å². The van der Waals surface area contributed by atoms with E-state index in [0.29, 0.717) is 12.0 Å². The monoisotopic (exact) mass is 280 g/mol. The first-order chi connectivity index (χ1) is 8.87. The average molecular weight is 280 g/mol. The van der Waals surface area contributed by atoms with Gasteiger partial charge in [0.05, 0.1) is 6.42 Å². The minimum atomic E-state index is -4.05. The summed E-state index contributed by atoms with van der Waals surface area (Å²) in [6, 6.07) is 0.582. The molecular weight excluding hydrogens is 253 g/mol. The van der Waals surface area contributed by atoms with Crippen LogP contribution in [-0.4, -0.2) is 42.8 Å². The van der Waals surface area contributed by atoms with Crippen LogP contribution in [0.3, 0.4) is 0 Å². The Bertz CT molecular complexity index is 256. The van der Waals surface area contributed by atoms with Crippen molar-refractivity contribution in [2.75, 3.05) is 19.6 Å². The summed E-state index contributed by atoms with van der Waals surface area (Å²) in [5.41, 5.74) is 0. The van der Waals surface area contributed by atoms with Crippen LogP contribution in [0.25, 0.3) is 0 Å². The summed E-state index contributed by atoms with van der Waals surface area (Å²) in [5, 5.41) is 3.49. The minimum absolute atomic E-state index is 0.139. The molecule has 0 aliphatic carbocycles. The van der Waals surface area contributed by atoms with Gasteiger partial charge in [-0.2, -0.15) is 13.2 Å². The zero-order chi connectivity index (χ0) is 14.5. The Hall–Kier alpha value is -0.290. The summed E-state index contributed by atoms with van der Waals surface area (Å²) in [6.45, 7) is 8.05. The molecule has 0 radical (unpaired) electrons. The zero-order valence-electron chi connectivity index (χ0n) is 12.3. The fourth-order valence-corrected chi connectivity index (χ4v) is 2.80. The van der Waals surface area contributed by atoms with Crippen molar-refractivity contribution in [3.63, 3.8) is 0 Å². The third-order valence-corrected chi connectivity index (χ3v) is 4.16. The second kappa shape index (κ2) is 7.48. The Labute approximate surface area is 114 Å². The van der Waals surface area contributed by atoms with Crippen LogP contribution >= 0.6 is 0 Å². The summed E-state index contributed by atoms with van der Waals surface area (Å²) in [7, 11) is 0. The molecule has 1 N–H and O–H groups in total. The molecule has 0 saturated carbocycles. The second-order valence-electron chi connectivity index (χ2n) is 5.71. The largest absolute Gasteiger partial charge is 0.390 e. The molecule has 0 aromatic rings. The van der Waals surface area contributed by atoms with Crippen LogP contribution in [0.1, 0.15) is 46.5 Å². The van der Waals surface area contributed by atoms with E-state index in [0.717, 1.165) is 32.4 Å². The lowest BCUT2D eigenvalue weighted by molar-refractivity contribution is -0.140. The van der Waals surface area contributed by atoms with Gasteiger partial charge in [0, 0.05) is 31.7 Å². The third-order valence-electron chi connectivity index (χ3n) is 4.16. The van der Waals surface area contributed by atoms with Crippen LogP contribution < -0.4 is 5.32 Å². The zero-order valence-corrected chi connectivity index (χ0v) is 12.3. The highest BCUT2D eigenvalue weighted by Crippen LogP contribution is 2.24. The number of rotatable bonds is 6. The summed E-state index contributed by atoms with van der Waals surface area (Å²) >= 11 is 0. The van der Waals surface area contributed by atoms with E-state index in [2.05, 4.69) is 31.0 Å². The number of piperazine rings is 1. The standard InChI is InChI=1S/C14H27F3N2/c1-4-6-12-10-19(8-7-14(15,16)17)13(9-18-12)11(3)5-2/h11-13,18H,4-10H2,1-3H3.